The SMILES string of the molecule is CCNC(Cc1ccc(OC)cc1)c1ccc(C)s1. The average molecular weight is 275 g/mol. The van der Waals surface area contributed by atoms with Crippen LogP contribution in [0.2, 0.25) is 0 Å². The molecule has 2 aromatic rings. The molecule has 1 N–H and O–H groups in total. The topological polar surface area (TPSA) is 21.3 Å². The molecular formula is C16H21NOS. The lowest BCUT2D eigenvalue weighted by atomic mass is 10.0. The van der Waals surface area contributed by atoms with Crippen LogP contribution in [0.4, 0.5) is 0 Å². The standard InChI is InChI=1S/C16H21NOS/c1-4-17-15(16-10-5-12(2)19-16)11-13-6-8-14(18-3)9-7-13/h5-10,15,17H,4,11H2,1-3H3. The molecule has 0 amide bonds. The lowest BCUT2D eigenvalue weighted by Gasteiger charge is -2.16. The third-order valence-corrected chi connectivity index (χ3v) is 4.27. The van der Waals surface area contributed by atoms with Crippen LogP contribution in [0.5, 0.6) is 5.75 Å². The maximum atomic E-state index is 5.20. The number of likely N-dealkylation sites (N-methyl/N-ethyl adjacent to an activating group) is 1. The highest BCUT2D eigenvalue weighted by atomic mass is 32.1. The highest BCUT2D eigenvalue weighted by molar-refractivity contribution is 7.12. The molecule has 2 nitrogen and oxygen atoms in total. The molecule has 0 fully saturated rings. The van der Waals surface area contributed by atoms with E-state index in [1.807, 2.05) is 23.5 Å². The van der Waals surface area contributed by atoms with Crippen molar-refractivity contribution in [1.29, 1.82) is 0 Å². The molecular weight excluding hydrogens is 254 g/mol. The molecule has 0 bridgehead atoms. The monoisotopic (exact) mass is 275 g/mol. The predicted octanol–water partition coefficient (Wildman–Crippen LogP) is 3.96. The zero-order valence-corrected chi connectivity index (χ0v) is 12.6. The number of aryl methyl sites for hydroxylation is 1. The second kappa shape index (κ2) is 6.73. The molecule has 0 saturated heterocycles. The van der Waals surface area contributed by atoms with Gasteiger partial charge in [0.15, 0.2) is 0 Å². The van der Waals surface area contributed by atoms with Crippen molar-refractivity contribution < 1.29 is 4.74 Å². The Morgan fingerprint density at radius 3 is 2.42 bits per heavy atom. The zero-order valence-electron chi connectivity index (χ0n) is 11.8. The Hall–Kier alpha value is -1.32. The van der Waals surface area contributed by atoms with Crippen LogP contribution in [0, 0.1) is 6.92 Å². The first kappa shape index (κ1) is 14.1. The molecule has 0 aliphatic heterocycles. The Bertz CT molecular complexity index is 504. The van der Waals surface area contributed by atoms with E-state index in [1.165, 1.54) is 15.3 Å². The van der Waals surface area contributed by atoms with Crippen LogP contribution in [0.1, 0.15) is 28.3 Å². The molecule has 1 aromatic heterocycles. The van der Waals surface area contributed by atoms with Crippen LogP contribution in [0.3, 0.4) is 0 Å². The van der Waals surface area contributed by atoms with Gasteiger partial charge in [0.05, 0.1) is 7.11 Å². The van der Waals surface area contributed by atoms with Gasteiger partial charge in [0.2, 0.25) is 0 Å². The number of thiophene rings is 1. The Balaban J connectivity index is 2.11. The lowest BCUT2D eigenvalue weighted by Crippen LogP contribution is -2.22. The summed E-state index contributed by atoms with van der Waals surface area (Å²) in [5, 5.41) is 3.57. The van der Waals surface area contributed by atoms with E-state index in [2.05, 4.69) is 43.4 Å². The smallest absolute Gasteiger partial charge is 0.118 e. The fraction of sp³-hybridized carbons (Fsp3) is 0.375. The van der Waals surface area contributed by atoms with Crippen LogP contribution in [-0.2, 0) is 6.42 Å². The van der Waals surface area contributed by atoms with E-state index in [1.54, 1.807) is 7.11 Å². The molecule has 0 radical (unpaired) electrons. The molecule has 0 saturated carbocycles. The molecule has 102 valence electrons. The van der Waals surface area contributed by atoms with Crippen LogP contribution < -0.4 is 10.1 Å². The van der Waals surface area contributed by atoms with Gasteiger partial charge in [-0.15, -0.1) is 11.3 Å². The number of benzene rings is 1. The van der Waals surface area contributed by atoms with Crippen molar-refractivity contribution in [2.45, 2.75) is 26.3 Å². The molecule has 1 unspecified atom stereocenters. The number of nitrogens with one attached hydrogen (secondary N) is 1. The highest BCUT2D eigenvalue weighted by Gasteiger charge is 2.13. The third-order valence-electron chi connectivity index (χ3n) is 3.15. The van der Waals surface area contributed by atoms with Gasteiger partial charge < -0.3 is 10.1 Å². The highest BCUT2D eigenvalue weighted by Crippen LogP contribution is 2.26. The van der Waals surface area contributed by atoms with Crippen molar-refractivity contribution in [3.05, 3.63) is 51.7 Å². The molecule has 0 aliphatic rings. The Morgan fingerprint density at radius 2 is 1.89 bits per heavy atom. The number of rotatable bonds is 6. The predicted molar refractivity (Wildman–Crippen MR) is 82.2 cm³/mol. The fourth-order valence-electron chi connectivity index (χ4n) is 2.16. The Kier molecular flexibility index (Phi) is 5.00. The first-order valence-electron chi connectivity index (χ1n) is 6.65. The van der Waals surface area contributed by atoms with Crippen molar-refractivity contribution in [2.24, 2.45) is 0 Å². The van der Waals surface area contributed by atoms with E-state index in [4.69, 9.17) is 4.74 Å². The first-order chi connectivity index (χ1) is 9.22. The average Bonchev–Trinajstić information content (AvgIpc) is 2.86. The first-order valence-corrected chi connectivity index (χ1v) is 7.47. The summed E-state index contributed by atoms with van der Waals surface area (Å²) in [4.78, 5) is 2.78. The largest absolute Gasteiger partial charge is 0.497 e. The maximum Gasteiger partial charge on any atom is 0.118 e. The van der Waals surface area contributed by atoms with Crippen molar-refractivity contribution >= 4 is 11.3 Å². The van der Waals surface area contributed by atoms with Crippen LogP contribution in [-0.4, -0.2) is 13.7 Å². The van der Waals surface area contributed by atoms with Crippen molar-refractivity contribution in [1.82, 2.24) is 5.32 Å². The quantitative estimate of drug-likeness (QED) is 0.861. The lowest BCUT2D eigenvalue weighted by molar-refractivity contribution is 0.414. The normalized spacial score (nSPS) is 12.4. The summed E-state index contributed by atoms with van der Waals surface area (Å²) < 4.78 is 5.20. The number of hydrogen-bond acceptors (Lipinski definition) is 3. The fourth-order valence-corrected chi connectivity index (χ4v) is 3.11. The van der Waals surface area contributed by atoms with Crippen molar-refractivity contribution in [2.75, 3.05) is 13.7 Å². The molecule has 3 heteroatoms. The number of ether oxygens (including phenoxy) is 1. The Labute approximate surface area is 119 Å². The van der Waals surface area contributed by atoms with Crippen LogP contribution in [0.15, 0.2) is 36.4 Å². The summed E-state index contributed by atoms with van der Waals surface area (Å²) in [7, 11) is 1.70. The van der Waals surface area contributed by atoms with E-state index in [9.17, 15) is 0 Å². The van der Waals surface area contributed by atoms with Gasteiger partial charge in [-0.1, -0.05) is 19.1 Å². The second-order valence-corrected chi connectivity index (χ2v) is 5.93. The molecule has 1 aromatic carbocycles. The van der Waals surface area contributed by atoms with Gasteiger partial charge in [0, 0.05) is 15.8 Å². The minimum atomic E-state index is 0.400. The van der Waals surface area contributed by atoms with Crippen LogP contribution >= 0.6 is 11.3 Å². The van der Waals surface area contributed by atoms with Gasteiger partial charge in [0.1, 0.15) is 5.75 Å². The van der Waals surface area contributed by atoms with Gasteiger partial charge in [-0.05, 0) is 49.7 Å². The van der Waals surface area contributed by atoms with Crippen molar-refractivity contribution in [3.8, 4) is 5.75 Å². The summed E-state index contributed by atoms with van der Waals surface area (Å²) in [6.45, 7) is 5.30. The van der Waals surface area contributed by atoms with Gasteiger partial charge in [-0.3, -0.25) is 0 Å². The van der Waals surface area contributed by atoms with E-state index in [-0.39, 0.29) is 0 Å². The molecule has 0 spiro atoms. The molecule has 0 aliphatic carbocycles. The van der Waals surface area contributed by atoms with E-state index < -0.39 is 0 Å². The summed E-state index contributed by atoms with van der Waals surface area (Å²) in [5.41, 5.74) is 1.33. The second-order valence-electron chi connectivity index (χ2n) is 4.61. The molecule has 19 heavy (non-hydrogen) atoms. The van der Waals surface area contributed by atoms with Gasteiger partial charge in [-0.2, -0.15) is 0 Å². The maximum absolute atomic E-state index is 5.20. The molecule has 1 atom stereocenters. The van der Waals surface area contributed by atoms with E-state index >= 15 is 0 Å². The van der Waals surface area contributed by atoms with E-state index in [0.29, 0.717) is 6.04 Å². The van der Waals surface area contributed by atoms with Crippen LogP contribution in [0.25, 0.3) is 0 Å². The number of methoxy groups -OCH3 is 1. The van der Waals surface area contributed by atoms with Gasteiger partial charge in [-0.25, -0.2) is 0 Å². The summed E-state index contributed by atoms with van der Waals surface area (Å²) in [6, 6.07) is 13.2. The van der Waals surface area contributed by atoms with Gasteiger partial charge >= 0.3 is 0 Å². The Morgan fingerprint density at radius 1 is 1.16 bits per heavy atom. The zero-order chi connectivity index (χ0) is 13.7. The minimum absolute atomic E-state index is 0.400. The summed E-state index contributed by atoms with van der Waals surface area (Å²) >= 11 is 1.88. The summed E-state index contributed by atoms with van der Waals surface area (Å²) in [5.74, 6) is 0.913. The van der Waals surface area contributed by atoms with E-state index in [0.717, 1.165) is 18.7 Å². The minimum Gasteiger partial charge on any atom is -0.497 e. The third kappa shape index (κ3) is 3.82. The van der Waals surface area contributed by atoms with Crippen molar-refractivity contribution in [3.63, 3.8) is 0 Å². The summed E-state index contributed by atoms with van der Waals surface area (Å²) in [6.07, 6.45) is 1.01. The van der Waals surface area contributed by atoms with Gasteiger partial charge in [0.25, 0.3) is 0 Å². The number of hydrogen-bond donors (Lipinski definition) is 1. The molecule has 1 heterocycles. The molecule has 2 rings (SSSR count).